The summed E-state index contributed by atoms with van der Waals surface area (Å²) in [5.74, 6) is -16.8. The quantitative estimate of drug-likeness (QED) is 0.126. The summed E-state index contributed by atoms with van der Waals surface area (Å²) >= 11 is 0.856. The van der Waals surface area contributed by atoms with E-state index in [0.717, 1.165) is 37.4 Å². The number of nitrogens with two attached hydrogens (primary N) is 1. The fourth-order valence-corrected chi connectivity index (χ4v) is 4.81. The molecule has 0 radical (unpaired) electrons. The zero-order chi connectivity index (χ0) is 24.2. The molecule has 0 fully saturated rings. The minimum absolute atomic E-state index is 0.108. The second-order valence-electron chi connectivity index (χ2n) is 7.29. The topological polar surface area (TPSA) is 26.0 Å². The maximum absolute atomic E-state index is 15.1. The van der Waals surface area contributed by atoms with Crippen molar-refractivity contribution in [2.75, 3.05) is 12.3 Å². The molecule has 2 N–H and O–H groups in total. The van der Waals surface area contributed by atoms with E-state index in [1.54, 1.807) is 0 Å². The molecule has 0 saturated carbocycles. The Bertz CT molecular complexity index is 951. The van der Waals surface area contributed by atoms with Crippen LogP contribution in [0.1, 0.15) is 45.1 Å². The lowest BCUT2D eigenvalue weighted by Crippen LogP contribution is -2.11. The first kappa shape index (κ1) is 26.4. The Hall–Kier alpha value is -1.81. The summed E-state index contributed by atoms with van der Waals surface area (Å²) in [4.78, 5) is -0.382. The number of hydrogen-bond donors (Lipinski definition) is 1. The smallest absolute Gasteiger partial charge is 0.200 e. The highest BCUT2D eigenvalue weighted by Gasteiger charge is 2.33. The molecule has 0 saturated heterocycles. The van der Waals surface area contributed by atoms with E-state index < -0.39 is 63.2 Å². The summed E-state index contributed by atoms with van der Waals surface area (Å²) < 4.78 is 114. The van der Waals surface area contributed by atoms with Crippen molar-refractivity contribution < 1.29 is 35.1 Å². The van der Waals surface area contributed by atoms with Gasteiger partial charge in [-0.1, -0.05) is 26.7 Å². The van der Waals surface area contributed by atoms with Crippen LogP contribution in [0.2, 0.25) is 0 Å². The Morgan fingerprint density at radius 3 is 1.69 bits per heavy atom. The summed E-state index contributed by atoms with van der Waals surface area (Å²) in [6.45, 7) is 3.84. The summed E-state index contributed by atoms with van der Waals surface area (Å²) in [5.41, 5.74) is 1.61. The van der Waals surface area contributed by atoms with Gasteiger partial charge in [0.2, 0.25) is 5.82 Å². The van der Waals surface area contributed by atoms with Gasteiger partial charge in [-0.2, -0.15) is 0 Å². The van der Waals surface area contributed by atoms with Crippen LogP contribution in [0, 0.1) is 52.5 Å². The van der Waals surface area contributed by atoms with Crippen LogP contribution in [0.5, 0.6) is 0 Å². The third kappa shape index (κ3) is 5.06. The van der Waals surface area contributed by atoms with Crippen molar-refractivity contribution in [3.8, 4) is 11.1 Å². The highest BCUT2D eigenvalue weighted by molar-refractivity contribution is 7.99. The lowest BCUT2D eigenvalue weighted by Gasteiger charge is -2.19. The normalized spacial score (nSPS) is 12.5. The van der Waals surface area contributed by atoms with Crippen molar-refractivity contribution >= 4 is 11.8 Å². The van der Waals surface area contributed by atoms with Crippen LogP contribution in [0.4, 0.5) is 35.1 Å². The van der Waals surface area contributed by atoms with Gasteiger partial charge in [-0.3, -0.25) is 0 Å². The Balaban J connectivity index is 2.58. The van der Waals surface area contributed by atoms with Crippen molar-refractivity contribution in [3.05, 3.63) is 52.1 Å². The predicted molar refractivity (Wildman–Crippen MR) is 108 cm³/mol. The fraction of sp³-hybridized carbons (Fsp3) is 0.455. The second-order valence-corrected chi connectivity index (χ2v) is 8.32. The second kappa shape index (κ2) is 11.4. The molecule has 0 bridgehead atoms. The number of hydrogen-bond acceptors (Lipinski definition) is 2. The van der Waals surface area contributed by atoms with Crippen LogP contribution in [-0.4, -0.2) is 12.3 Å². The molecule has 10 heteroatoms. The summed E-state index contributed by atoms with van der Waals surface area (Å²) in [6, 6.07) is 0. The Kier molecular flexibility index (Phi) is 9.39. The third-order valence-electron chi connectivity index (χ3n) is 5.29. The number of unbranched alkanes of at least 4 members (excludes halogenated alkanes) is 1. The lowest BCUT2D eigenvalue weighted by molar-refractivity contribution is 0.379. The Morgan fingerprint density at radius 1 is 0.688 bits per heavy atom. The SMILES string of the molecule is CCc1c(F)c(-c2c(F)c(F)c(F)c(F)c2F)c(F)c(F)c1SCC(CC)CCCCN. The molecule has 0 aliphatic carbocycles. The molecule has 0 aromatic heterocycles. The molecule has 32 heavy (non-hydrogen) atoms. The van der Waals surface area contributed by atoms with Gasteiger partial charge in [0.05, 0.1) is 16.0 Å². The molecular weight excluding hydrogens is 462 g/mol. The third-order valence-corrected chi connectivity index (χ3v) is 6.64. The van der Waals surface area contributed by atoms with E-state index in [2.05, 4.69) is 0 Å². The van der Waals surface area contributed by atoms with Gasteiger partial charge in [0.15, 0.2) is 34.9 Å². The molecule has 0 heterocycles. The summed E-state index contributed by atoms with van der Waals surface area (Å²) in [5, 5.41) is 0. The van der Waals surface area contributed by atoms with Gasteiger partial charge < -0.3 is 5.73 Å². The largest absolute Gasteiger partial charge is 0.330 e. The zero-order valence-electron chi connectivity index (χ0n) is 17.5. The minimum Gasteiger partial charge on any atom is -0.330 e. The van der Waals surface area contributed by atoms with Crippen molar-refractivity contribution in [3.63, 3.8) is 0 Å². The predicted octanol–water partition coefficient (Wildman–Crippen LogP) is 7.28. The molecule has 178 valence electrons. The number of benzene rings is 2. The number of rotatable bonds is 10. The maximum Gasteiger partial charge on any atom is 0.200 e. The highest BCUT2D eigenvalue weighted by Crippen LogP contribution is 2.41. The van der Waals surface area contributed by atoms with E-state index in [0.29, 0.717) is 12.3 Å². The van der Waals surface area contributed by atoms with Gasteiger partial charge in [0.1, 0.15) is 5.82 Å². The van der Waals surface area contributed by atoms with Gasteiger partial charge >= 0.3 is 0 Å². The zero-order valence-corrected chi connectivity index (χ0v) is 18.4. The maximum atomic E-state index is 15.1. The van der Waals surface area contributed by atoms with Crippen LogP contribution in [0.25, 0.3) is 11.1 Å². The van der Waals surface area contributed by atoms with E-state index >= 15 is 4.39 Å². The lowest BCUT2D eigenvalue weighted by atomic mass is 9.98. The number of halogens is 8. The van der Waals surface area contributed by atoms with Gasteiger partial charge in [-0.25, -0.2) is 35.1 Å². The van der Waals surface area contributed by atoms with Crippen LogP contribution in [0.15, 0.2) is 4.90 Å². The molecule has 2 rings (SSSR count). The van der Waals surface area contributed by atoms with E-state index in [1.807, 2.05) is 6.92 Å². The van der Waals surface area contributed by atoms with Crippen molar-refractivity contribution in [1.82, 2.24) is 0 Å². The van der Waals surface area contributed by atoms with Crippen LogP contribution >= 0.6 is 11.8 Å². The van der Waals surface area contributed by atoms with Crippen LogP contribution < -0.4 is 5.73 Å². The molecule has 1 unspecified atom stereocenters. The molecule has 2 aromatic carbocycles. The number of thioether (sulfide) groups is 1. The van der Waals surface area contributed by atoms with Gasteiger partial charge in [0, 0.05) is 11.3 Å². The van der Waals surface area contributed by atoms with Crippen molar-refractivity contribution in [1.29, 1.82) is 0 Å². The molecule has 1 atom stereocenters. The molecule has 0 aliphatic heterocycles. The standard InChI is InChI=1S/C22H23F8NS/c1-3-10(7-5-6-8-31)9-32-22-11(4-2)14(23)12(17(26)21(22)30)13-15(24)18(27)20(29)19(28)16(13)25/h10H,3-9,31H2,1-2H3. The molecule has 0 aliphatic rings. The first-order chi connectivity index (χ1) is 15.1. The van der Waals surface area contributed by atoms with Crippen molar-refractivity contribution in [2.24, 2.45) is 11.7 Å². The molecule has 1 nitrogen and oxygen atoms in total. The molecule has 0 spiro atoms. The Labute approximate surface area is 185 Å². The first-order valence-electron chi connectivity index (χ1n) is 10.2. The fourth-order valence-electron chi connectivity index (χ4n) is 3.38. The summed E-state index contributed by atoms with van der Waals surface area (Å²) in [6.07, 6.45) is 2.94. The van der Waals surface area contributed by atoms with E-state index in [4.69, 9.17) is 5.73 Å². The highest BCUT2D eigenvalue weighted by atomic mass is 32.2. The van der Waals surface area contributed by atoms with E-state index in [-0.39, 0.29) is 17.2 Å². The van der Waals surface area contributed by atoms with Gasteiger partial charge in [-0.15, -0.1) is 11.8 Å². The molecular formula is C22H23F8NS. The average Bonchev–Trinajstić information content (AvgIpc) is 2.78. The van der Waals surface area contributed by atoms with Gasteiger partial charge in [0.25, 0.3) is 0 Å². The molecule has 2 aromatic rings. The monoisotopic (exact) mass is 485 g/mol. The first-order valence-corrected chi connectivity index (χ1v) is 11.1. The summed E-state index contributed by atoms with van der Waals surface area (Å²) in [7, 11) is 0. The van der Waals surface area contributed by atoms with E-state index in [1.165, 1.54) is 6.92 Å². The van der Waals surface area contributed by atoms with E-state index in [9.17, 15) is 30.7 Å². The van der Waals surface area contributed by atoms with Crippen LogP contribution in [0.3, 0.4) is 0 Å². The van der Waals surface area contributed by atoms with Crippen molar-refractivity contribution in [2.45, 2.75) is 50.8 Å². The minimum atomic E-state index is -2.48. The van der Waals surface area contributed by atoms with Gasteiger partial charge in [-0.05, 0) is 31.7 Å². The van der Waals surface area contributed by atoms with Crippen LogP contribution in [-0.2, 0) is 6.42 Å². The molecule has 0 amide bonds. The Morgan fingerprint density at radius 2 is 1.19 bits per heavy atom. The average molecular weight is 485 g/mol.